The minimum Gasteiger partial charge on any atom is -0.391 e. The van der Waals surface area contributed by atoms with Crippen LogP contribution in [0.15, 0.2) is 0 Å². The zero-order chi connectivity index (χ0) is 16.7. The molecule has 0 spiro atoms. The second-order valence-corrected chi connectivity index (χ2v) is 8.59. The van der Waals surface area contributed by atoms with Crippen LogP contribution in [0.5, 0.6) is 0 Å². The number of ether oxygens (including phenoxy) is 1. The highest BCUT2D eigenvalue weighted by Crippen LogP contribution is 2.30. The highest BCUT2D eigenvalue weighted by molar-refractivity contribution is 7.97. The third-order valence-electron chi connectivity index (χ3n) is 3.69. The first kappa shape index (κ1) is 18.3. The first-order valence-corrected chi connectivity index (χ1v) is 9.43. The Morgan fingerprint density at radius 2 is 1.82 bits per heavy atom. The van der Waals surface area contributed by atoms with Crippen molar-refractivity contribution < 1.29 is 47.4 Å². The molecule has 8 atom stereocenters. The summed E-state index contributed by atoms with van der Waals surface area (Å²) in [6.07, 6.45) is -8.12. The van der Waals surface area contributed by atoms with Crippen LogP contribution in [0.3, 0.4) is 0 Å². The average molecular weight is 363 g/mol. The Bertz CT molecular complexity index is 484. The van der Waals surface area contributed by atoms with Gasteiger partial charge in [-0.25, -0.2) is 4.18 Å². The summed E-state index contributed by atoms with van der Waals surface area (Å²) in [7, 11) is -5.61. The van der Waals surface area contributed by atoms with Gasteiger partial charge in [-0.05, 0) is 0 Å². The molecule has 22 heavy (non-hydrogen) atoms. The van der Waals surface area contributed by atoms with Crippen molar-refractivity contribution in [2.45, 2.75) is 42.1 Å². The molecular formula is C10H19O10S2+. The van der Waals surface area contributed by atoms with E-state index in [0.717, 1.165) is 0 Å². The van der Waals surface area contributed by atoms with Crippen molar-refractivity contribution in [3.8, 4) is 0 Å². The van der Waals surface area contributed by atoms with E-state index in [1.54, 1.807) is 0 Å². The van der Waals surface area contributed by atoms with Crippen molar-refractivity contribution >= 4 is 21.3 Å². The number of rotatable bonds is 5. The van der Waals surface area contributed by atoms with Crippen LogP contribution in [0.4, 0.5) is 0 Å². The molecule has 10 nitrogen and oxygen atoms in total. The summed E-state index contributed by atoms with van der Waals surface area (Å²) in [6.45, 7) is -0.386. The van der Waals surface area contributed by atoms with E-state index >= 15 is 0 Å². The van der Waals surface area contributed by atoms with Gasteiger partial charge in [0.1, 0.15) is 42.0 Å². The average Bonchev–Trinajstić information content (AvgIpc) is 2.80. The van der Waals surface area contributed by atoms with E-state index in [2.05, 4.69) is 4.18 Å². The van der Waals surface area contributed by atoms with Gasteiger partial charge in [-0.15, -0.1) is 0 Å². The van der Waals surface area contributed by atoms with Crippen LogP contribution >= 0.6 is 0 Å². The van der Waals surface area contributed by atoms with E-state index in [9.17, 15) is 34.0 Å². The Morgan fingerprint density at radius 3 is 2.36 bits per heavy atom. The highest BCUT2D eigenvalue weighted by atomic mass is 32.3. The Balaban J connectivity index is 2.10. The first-order valence-electron chi connectivity index (χ1n) is 6.44. The SMILES string of the molecule is O=S(=O)(O)O[C@H]1[C@@H](C[S+]2C[C@@H](O)[C@H](O)[C@H]2CO)OC(O)[C@@H]1O. The van der Waals surface area contributed by atoms with Gasteiger partial charge in [-0.3, -0.25) is 4.55 Å². The maximum Gasteiger partial charge on any atom is 0.397 e. The fourth-order valence-corrected chi connectivity index (χ4v) is 5.88. The van der Waals surface area contributed by atoms with Gasteiger partial charge in [0.2, 0.25) is 0 Å². The molecule has 2 rings (SSSR count). The molecule has 2 heterocycles. The summed E-state index contributed by atoms with van der Waals surface area (Å²) >= 11 is 0. The van der Waals surface area contributed by atoms with E-state index in [4.69, 9.17) is 9.29 Å². The van der Waals surface area contributed by atoms with Crippen LogP contribution in [-0.2, 0) is 30.2 Å². The molecular weight excluding hydrogens is 344 g/mol. The molecule has 130 valence electrons. The second-order valence-electron chi connectivity index (χ2n) is 5.19. The standard InChI is InChI=1S/C10H18O10S2/c11-1-6-7(13)4(12)2-21(6)3-5-9(20-22(16,17)18)8(14)10(15)19-5/h4-15H,1-3H2/p+1/t4-,5-,6-,7+,8-,9+,10?,21?/m1/s1. The fourth-order valence-electron chi connectivity index (χ4n) is 2.62. The molecule has 0 bridgehead atoms. The Labute approximate surface area is 129 Å². The minimum absolute atomic E-state index is 0.0354. The Morgan fingerprint density at radius 1 is 1.18 bits per heavy atom. The van der Waals surface area contributed by atoms with E-state index in [-0.39, 0.29) is 18.1 Å². The molecule has 2 unspecified atom stereocenters. The minimum atomic E-state index is -4.87. The van der Waals surface area contributed by atoms with Crippen LogP contribution < -0.4 is 0 Å². The molecule has 2 saturated heterocycles. The molecule has 0 amide bonds. The van der Waals surface area contributed by atoms with E-state index in [1.807, 2.05) is 0 Å². The van der Waals surface area contributed by atoms with E-state index in [0.29, 0.717) is 0 Å². The second kappa shape index (κ2) is 6.84. The number of aliphatic hydroxyl groups is 5. The van der Waals surface area contributed by atoms with Crippen LogP contribution in [0.1, 0.15) is 0 Å². The van der Waals surface area contributed by atoms with Gasteiger partial charge < -0.3 is 30.3 Å². The predicted octanol–water partition coefficient (Wildman–Crippen LogP) is -4.03. The van der Waals surface area contributed by atoms with Crippen molar-refractivity contribution in [3.63, 3.8) is 0 Å². The predicted molar refractivity (Wildman–Crippen MR) is 73.3 cm³/mol. The van der Waals surface area contributed by atoms with Crippen LogP contribution in [0, 0.1) is 0 Å². The molecule has 0 saturated carbocycles. The summed E-state index contributed by atoms with van der Waals surface area (Å²) < 4.78 is 39.7. The maximum absolute atomic E-state index is 10.8. The maximum atomic E-state index is 10.8. The van der Waals surface area contributed by atoms with Crippen LogP contribution in [0.25, 0.3) is 0 Å². The summed E-state index contributed by atoms with van der Waals surface area (Å²) in [4.78, 5) is 0. The highest BCUT2D eigenvalue weighted by Gasteiger charge is 2.55. The molecule has 2 aliphatic heterocycles. The number of hydrogen-bond acceptors (Lipinski definition) is 9. The summed E-state index contributed by atoms with van der Waals surface area (Å²) in [5, 5.41) is 47.2. The van der Waals surface area contributed by atoms with E-state index in [1.165, 1.54) is 0 Å². The first-order chi connectivity index (χ1) is 10.1. The van der Waals surface area contributed by atoms with Gasteiger partial charge in [0, 0.05) is 10.9 Å². The largest absolute Gasteiger partial charge is 0.397 e. The zero-order valence-corrected chi connectivity index (χ0v) is 12.9. The molecule has 0 aromatic rings. The summed E-state index contributed by atoms with van der Waals surface area (Å²) in [6, 6.07) is 0. The summed E-state index contributed by atoms with van der Waals surface area (Å²) in [5.41, 5.74) is 0. The Kier molecular flexibility index (Phi) is 5.70. The molecule has 0 aromatic carbocycles. The lowest BCUT2D eigenvalue weighted by molar-refractivity contribution is -0.123. The van der Waals surface area contributed by atoms with Crippen molar-refractivity contribution in [1.29, 1.82) is 0 Å². The molecule has 0 aliphatic carbocycles. The third-order valence-corrected chi connectivity index (χ3v) is 6.96. The van der Waals surface area contributed by atoms with Crippen molar-refractivity contribution in [2.24, 2.45) is 0 Å². The number of hydrogen-bond donors (Lipinski definition) is 6. The van der Waals surface area contributed by atoms with Gasteiger partial charge >= 0.3 is 10.4 Å². The molecule has 2 aliphatic rings. The monoisotopic (exact) mass is 363 g/mol. The lowest BCUT2D eigenvalue weighted by Gasteiger charge is -2.19. The van der Waals surface area contributed by atoms with Gasteiger partial charge in [-0.1, -0.05) is 0 Å². The van der Waals surface area contributed by atoms with Crippen LogP contribution in [0.2, 0.25) is 0 Å². The van der Waals surface area contributed by atoms with Gasteiger partial charge in [0.05, 0.1) is 6.61 Å². The quantitative estimate of drug-likeness (QED) is 0.208. The molecule has 0 aromatic heterocycles. The molecule has 0 radical (unpaired) electrons. The lowest BCUT2D eigenvalue weighted by atomic mass is 10.2. The normalized spacial score (nSPS) is 46.3. The number of aliphatic hydroxyl groups excluding tert-OH is 5. The smallest absolute Gasteiger partial charge is 0.391 e. The van der Waals surface area contributed by atoms with Gasteiger partial charge in [-0.2, -0.15) is 8.42 Å². The van der Waals surface area contributed by atoms with Crippen LogP contribution in [-0.4, -0.2) is 98.7 Å². The Hall–Kier alpha value is -0.0200. The third kappa shape index (κ3) is 3.90. The van der Waals surface area contributed by atoms with E-state index < -0.39 is 63.4 Å². The molecule has 6 N–H and O–H groups in total. The van der Waals surface area contributed by atoms with Crippen molar-refractivity contribution in [2.75, 3.05) is 18.1 Å². The lowest BCUT2D eigenvalue weighted by Crippen LogP contribution is -2.42. The van der Waals surface area contributed by atoms with Gasteiger partial charge in [0.15, 0.2) is 11.5 Å². The van der Waals surface area contributed by atoms with Gasteiger partial charge in [0.25, 0.3) is 0 Å². The summed E-state index contributed by atoms with van der Waals surface area (Å²) in [5.74, 6) is 0.199. The molecule has 2 fully saturated rings. The molecule has 12 heteroatoms. The topological polar surface area (TPSA) is 174 Å². The zero-order valence-electron chi connectivity index (χ0n) is 11.3. The van der Waals surface area contributed by atoms with Crippen molar-refractivity contribution in [3.05, 3.63) is 0 Å². The fraction of sp³-hybridized carbons (Fsp3) is 1.00. The van der Waals surface area contributed by atoms with Crippen molar-refractivity contribution in [1.82, 2.24) is 0 Å².